The summed E-state index contributed by atoms with van der Waals surface area (Å²) in [6, 6.07) is 21.1. The monoisotopic (exact) mass is 487 g/mol. The molecule has 0 bridgehead atoms. The number of hydrogen-bond donors (Lipinski definition) is 1. The molecule has 5 rings (SSSR count). The van der Waals surface area contributed by atoms with Gasteiger partial charge in [-0.1, -0.05) is 36.4 Å². The molecule has 7 nitrogen and oxygen atoms in total. The van der Waals surface area contributed by atoms with Gasteiger partial charge in [0.25, 0.3) is 5.91 Å². The van der Waals surface area contributed by atoms with Crippen molar-refractivity contribution in [3.63, 3.8) is 0 Å². The Labute approximate surface area is 208 Å². The van der Waals surface area contributed by atoms with Crippen LogP contribution in [0.5, 0.6) is 11.5 Å². The fraction of sp³-hybridized carbons (Fsp3) is 0.214. The second-order valence-corrected chi connectivity index (χ2v) is 8.49. The van der Waals surface area contributed by atoms with E-state index < -0.39 is 0 Å². The molecule has 2 amide bonds. The molecule has 3 aromatic carbocycles. The first-order valence-electron chi connectivity index (χ1n) is 11.8. The smallest absolute Gasteiger partial charge is 0.270 e. The zero-order valence-electron chi connectivity index (χ0n) is 19.9. The summed E-state index contributed by atoms with van der Waals surface area (Å²) in [5, 5.41) is 3.70. The van der Waals surface area contributed by atoms with E-state index in [-0.39, 0.29) is 30.7 Å². The minimum atomic E-state index is -0.335. The highest BCUT2D eigenvalue weighted by Crippen LogP contribution is 2.32. The van der Waals surface area contributed by atoms with Crippen LogP contribution in [0.1, 0.15) is 23.0 Å². The van der Waals surface area contributed by atoms with Crippen LogP contribution in [0.25, 0.3) is 10.9 Å². The van der Waals surface area contributed by atoms with Crippen molar-refractivity contribution in [2.45, 2.75) is 13.5 Å². The molecular formula is C28H26FN3O4. The number of halogens is 1. The van der Waals surface area contributed by atoms with Gasteiger partial charge in [0.1, 0.15) is 31.3 Å². The van der Waals surface area contributed by atoms with Crippen LogP contribution in [0.4, 0.5) is 10.1 Å². The molecule has 4 aromatic rings. The molecule has 1 aromatic heterocycles. The zero-order valence-corrected chi connectivity index (χ0v) is 19.9. The lowest BCUT2D eigenvalue weighted by molar-refractivity contribution is -0.116. The Kier molecular flexibility index (Phi) is 6.58. The molecule has 0 saturated heterocycles. The number of fused-ring (bicyclic) bond motifs is 2. The van der Waals surface area contributed by atoms with Gasteiger partial charge in [-0.15, -0.1) is 0 Å². The summed E-state index contributed by atoms with van der Waals surface area (Å²) in [7, 11) is 0. The van der Waals surface area contributed by atoms with Crippen molar-refractivity contribution in [3.05, 3.63) is 89.9 Å². The predicted octanol–water partition coefficient (Wildman–Crippen LogP) is 4.70. The van der Waals surface area contributed by atoms with Crippen LogP contribution in [0.2, 0.25) is 0 Å². The molecule has 184 valence electrons. The Hall–Kier alpha value is -4.33. The van der Waals surface area contributed by atoms with Gasteiger partial charge in [0, 0.05) is 34.8 Å². The van der Waals surface area contributed by atoms with E-state index in [1.165, 1.54) is 11.0 Å². The summed E-state index contributed by atoms with van der Waals surface area (Å²) < 4.78 is 27.3. The van der Waals surface area contributed by atoms with E-state index in [9.17, 15) is 14.0 Å². The third-order valence-electron chi connectivity index (χ3n) is 6.15. The maximum atomic E-state index is 14.4. The molecule has 36 heavy (non-hydrogen) atoms. The van der Waals surface area contributed by atoms with Gasteiger partial charge in [0.05, 0.1) is 6.54 Å². The lowest BCUT2D eigenvalue weighted by Gasteiger charge is -2.22. The van der Waals surface area contributed by atoms with Crippen molar-refractivity contribution in [1.29, 1.82) is 0 Å². The van der Waals surface area contributed by atoms with Gasteiger partial charge >= 0.3 is 0 Å². The molecule has 1 aliphatic rings. The van der Waals surface area contributed by atoms with Gasteiger partial charge in [-0.25, -0.2) is 4.39 Å². The Balaban J connectivity index is 1.38. The van der Waals surface area contributed by atoms with Gasteiger partial charge < -0.3 is 24.3 Å². The van der Waals surface area contributed by atoms with E-state index in [0.717, 1.165) is 10.9 Å². The number of carbonyl (C=O) groups excluding carboxylic acids is 2. The summed E-state index contributed by atoms with van der Waals surface area (Å²) in [5.74, 6) is 0.230. The first-order valence-corrected chi connectivity index (χ1v) is 11.8. The standard InChI is InChI=1S/C28H26FN3O4/c1-2-31(18-27(33)30-21-11-12-25-26(16-21)36-14-13-35-25)28(34)24-15-19-7-4-6-10-23(19)32(24)17-20-8-3-5-9-22(20)29/h3-12,15-16H,2,13-14,17-18H2,1H3,(H,30,33). The van der Waals surface area contributed by atoms with Crippen LogP contribution in [-0.2, 0) is 11.3 Å². The van der Waals surface area contributed by atoms with Crippen LogP contribution < -0.4 is 14.8 Å². The van der Waals surface area contributed by atoms with Crippen molar-refractivity contribution in [2.24, 2.45) is 0 Å². The predicted molar refractivity (Wildman–Crippen MR) is 135 cm³/mol. The van der Waals surface area contributed by atoms with Gasteiger partial charge in [0.15, 0.2) is 11.5 Å². The normalized spacial score (nSPS) is 12.4. The first-order chi connectivity index (χ1) is 17.5. The second kappa shape index (κ2) is 10.1. The molecule has 1 aliphatic heterocycles. The minimum absolute atomic E-state index is 0.134. The van der Waals surface area contributed by atoms with E-state index in [4.69, 9.17) is 9.47 Å². The van der Waals surface area contributed by atoms with Crippen LogP contribution in [0.3, 0.4) is 0 Å². The number of nitrogens with zero attached hydrogens (tertiary/aromatic N) is 2. The van der Waals surface area contributed by atoms with E-state index in [1.54, 1.807) is 47.0 Å². The SMILES string of the molecule is CCN(CC(=O)Nc1ccc2c(c1)OCCO2)C(=O)c1cc2ccccc2n1Cc1ccccc1F. The Bertz CT molecular complexity index is 1430. The summed E-state index contributed by atoms with van der Waals surface area (Å²) >= 11 is 0. The van der Waals surface area contributed by atoms with Crippen molar-refractivity contribution < 1.29 is 23.5 Å². The summed E-state index contributed by atoms with van der Waals surface area (Å²) in [6.45, 7) is 3.14. The highest BCUT2D eigenvalue weighted by Gasteiger charge is 2.23. The lowest BCUT2D eigenvalue weighted by atomic mass is 10.2. The van der Waals surface area contributed by atoms with Gasteiger partial charge in [-0.2, -0.15) is 0 Å². The maximum Gasteiger partial charge on any atom is 0.270 e. The number of benzene rings is 3. The average Bonchev–Trinajstić information content (AvgIpc) is 3.26. The van der Waals surface area contributed by atoms with E-state index in [1.807, 2.05) is 31.2 Å². The zero-order chi connectivity index (χ0) is 25.1. The fourth-order valence-corrected chi connectivity index (χ4v) is 4.34. The van der Waals surface area contributed by atoms with E-state index in [2.05, 4.69) is 5.32 Å². The quantitative estimate of drug-likeness (QED) is 0.410. The van der Waals surface area contributed by atoms with Crippen molar-refractivity contribution in [1.82, 2.24) is 9.47 Å². The highest BCUT2D eigenvalue weighted by atomic mass is 19.1. The molecule has 0 aliphatic carbocycles. The average molecular weight is 488 g/mol. The van der Waals surface area contributed by atoms with Crippen molar-refractivity contribution >= 4 is 28.4 Å². The number of rotatable bonds is 7. The molecule has 0 fully saturated rings. The number of nitrogens with one attached hydrogen (secondary N) is 1. The third-order valence-corrected chi connectivity index (χ3v) is 6.15. The number of aromatic nitrogens is 1. The molecule has 2 heterocycles. The number of para-hydroxylation sites is 1. The van der Waals surface area contributed by atoms with Gasteiger partial charge in [-0.3, -0.25) is 9.59 Å². The number of hydrogen-bond acceptors (Lipinski definition) is 4. The Morgan fingerprint density at radius 2 is 1.72 bits per heavy atom. The van der Waals surface area contributed by atoms with Crippen molar-refractivity contribution in [3.8, 4) is 11.5 Å². The molecule has 0 saturated carbocycles. The number of carbonyl (C=O) groups is 2. The van der Waals surface area contributed by atoms with Crippen LogP contribution in [0.15, 0.2) is 72.8 Å². The van der Waals surface area contributed by atoms with E-state index >= 15 is 0 Å². The van der Waals surface area contributed by atoms with Gasteiger partial charge in [0.2, 0.25) is 5.91 Å². The molecule has 8 heteroatoms. The number of anilines is 1. The summed E-state index contributed by atoms with van der Waals surface area (Å²) in [5.41, 5.74) is 2.25. The molecule has 0 unspecified atom stereocenters. The highest BCUT2D eigenvalue weighted by molar-refractivity contribution is 6.01. The minimum Gasteiger partial charge on any atom is -0.486 e. The molecular weight excluding hydrogens is 461 g/mol. The van der Waals surface area contributed by atoms with Crippen LogP contribution in [-0.4, -0.2) is 47.6 Å². The fourth-order valence-electron chi connectivity index (χ4n) is 4.34. The molecule has 0 atom stereocenters. The Morgan fingerprint density at radius 3 is 2.53 bits per heavy atom. The molecule has 0 spiro atoms. The van der Waals surface area contributed by atoms with E-state index in [0.29, 0.717) is 48.2 Å². The number of ether oxygens (including phenoxy) is 2. The maximum absolute atomic E-state index is 14.4. The number of likely N-dealkylation sites (N-methyl/N-ethyl adjacent to an activating group) is 1. The number of amides is 2. The third kappa shape index (κ3) is 4.75. The van der Waals surface area contributed by atoms with Crippen LogP contribution in [0, 0.1) is 5.82 Å². The summed E-state index contributed by atoms with van der Waals surface area (Å²) in [6.07, 6.45) is 0. The lowest BCUT2D eigenvalue weighted by Crippen LogP contribution is -2.38. The second-order valence-electron chi connectivity index (χ2n) is 8.49. The topological polar surface area (TPSA) is 72.8 Å². The summed E-state index contributed by atoms with van der Waals surface area (Å²) in [4.78, 5) is 27.9. The van der Waals surface area contributed by atoms with Crippen LogP contribution >= 0.6 is 0 Å². The molecule has 1 N–H and O–H groups in total. The largest absolute Gasteiger partial charge is 0.486 e. The Morgan fingerprint density at radius 1 is 0.972 bits per heavy atom. The molecule has 0 radical (unpaired) electrons. The van der Waals surface area contributed by atoms with Gasteiger partial charge in [-0.05, 0) is 37.3 Å². The van der Waals surface area contributed by atoms with Crippen molar-refractivity contribution in [2.75, 3.05) is 31.6 Å². The first kappa shape index (κ1) is 23.4.